The predicted octanol–water partition coefficient (Wildman–Crippen LogP) is -0.932. The van der Waals surface area contributed by atoms with Crippen LogP contribution in [0, 0.1) is 5.92 Å². The van der Waals surface area contributed by atoms with Gasteiger partial charge in [0.1, 0.15) is 12.1 Å². The Morgan fingerprint density at radius 2 is 1.77 bits per heavy atom. The van der Waals surface area contributed by atoms with Crippen LogP contribution in [0.5, 0.6) is 0 Å². The number of nitrogens with one attached hydrogen (secondary N) is 2. The molecule has 0 spiro atoms. The maximum absolute atomic E-state index is 12.3. The quantitative estimate of drug-likeness (QED) is 0.215. The zero-order valence-electron chi connectivity index (χ0n) is 14.9. The van der Waals surface area contributed by atoms with Crippen molar-refractivity contribution in [1.82, 2.24) is 10.6 Å². The first-order chi connectivity index (χ1) is 12.1. The minimum atomic E-state index is -1.21. The minimum absolute atomic E-state index is 0.134. The molecule has 148 valence electrons. The molecule has 0 aromatic heterocycles. The molecule has 0 aliphatic carbocycles. The van der Waals surface area contributed by atoms with Gasteiger partial charge in [0.2, 0.25) is 5.91 Å². The summed E-state index contributed by atoms with van der Waals surface area (Å²) < 4.78 is 4.78. The number of nitrogens with two attached hydrogens (primary N) is 1. The lowest BCUT2D eigenvalue weighted by atomic mass is 10.0. The van der Waals surface area contributed by atoms with E-state index in [1.807, 2.05) is 13.8 Å². The van der Waals surface area contributed by atoms with Crippen LogP contribution in [0.1, 0.15) is 39.5 Å². The molecular weight excluding hydrogens is 346 g/mol. The third-order valence-electron chi connectivity index (χ3n) is 3.89. The zero-order valence-corrected chi connectivity index (χ0v) is 14.9. The average molecular weight is 373 g/mol. The molecule has 1 rings (SSSR count). The van der Waals surface area contributed by atoms with Gasteiger partial charge >= 0.3 is 11.9 Å². The van der Waals surface area contributed by atoms with E-state index < -0.39 is 42.1 Å². The highest BCUT2D eigenvalue weighted by Crippen LogP contribution is 2.22. The number of carbonyl (C=O) groups is 4. The molecule has 0 bridgehead atoms. The van der Waals surface area contributed by atoms with Gasteiger partial charge in [0.05, 0.1) is 0 Å². The Kier molecular flexibility index (Phi) is 8.46. The van der Waals surface area contributed by atoms with Crippen molar-refractivity contribution >= 4 is 23.8 Å². The van der Waals surface area contributed by atoms with Gasteiger partial charge in [0.25, 0.3) is 5.91 Å². The molecule has 0 aromatic carbocycles. The second-order valence-corrected chi connectivity index (χ2v) is 6.74. The van der Waals surface area contributed by atoms with Gasteiger partial charge in [0, 0.05) is 6.54 Å². The molecular formula is C16H27N3O7. The summed E-state index contributed by atoms with van der Waals surface area (Å²) in [5.41, 5.74) is 5.40. The van der Waals surface area contributed by atoms with Crippen LogP contribution in [0.4, 0.5) is 0 Å². The second kappa shape index (κ2) is 10.1. The molecule has 10 heteroatoms. The number of amides is 2. The summed E-state index contributed by atoms with van der Waals surface area (Å²) in [4.78, 5) is 45.6. The molecule has 0 aromatic rings. The second-order valence-electron chi connectivity index (χ2n) is 6.74. The monoisotopic (exact) mass is 373 g/mol. The summed E-state index contributed by atoms with van der Waals surface area (Å²) in [6.07, 6.45) is -0.407. The van der Waals surface area contributed by atoms with E-state index in [1.54, 1.807) is 0 Å². The van der Waals surface area contributed by atoms with Crippen molar-refractivity contribution in [3.63, 3.8) is 0 Å². The smallest absolute Gasteiger partial charge is 0.336 e. The van der Waals surface area contributed by atoms with Crippen molar-refractivity contribution < 1.29 is 34.1 Å². The van der Waals surface area contributed by atoms with Gasteiger partial charge in [-0.25, -0.2) is 4.79 Å². The highest BCUT2D eigenvalue weighted by atomic mass is 16.6. The Balaban J connectivity index is 2.40. The van der Waals surface area contributed by atoms with Crippen LogP contribution in [0.2, 0.25) is 0 Å². The molecule has 10 nitrogen and oxygen atoms in total. The molecule has 1 aliphatic rings. The Morgan fingerprint density at radius 3 is 2.27 bits per heavy atom. The minimum Gasteiger partial charge on any atom is -0.480 e. The summed E-state index contributed by atoms with van der Waals surface area (Å²) in [6, 6.07) is -1.71. The zero-order chi connectivity index (χ0) is 19.9. The molecule has 6 N–H and O–H groups in total. The summed E-state index contributed by atoms with van der Waals surface area (Å²) >= 11 is 0. The molecule has 1 fully saturated rings. The molecule has 1 saturated heterocycles. The van der Waals surface area contributed by atoms with E-state index in [0.29, 0.717) is 32.2 Å². The first-order valence-electron chi connectivity index (χ1n) is 8.58. The fourth-order valence-corrected chi connectivity index (χ4v) is 2.40. The summed E-state index contributed by atoms with van der Waals surface area (Å²) in [5, 5.41) is 22.7. The molecule has 1 aliphatic heterocycles. The van der Waals surface area contributed by atoms with E-state index in [1.165, 1.54) is 0 Å². The molecule has 4 atom stereocenters. The largest absolute Gasteiger partial charge is 0.480 e. The number of carbonyl (C=O) groups excluding carboxylic acids is 2. The standard InChI is InChI=1S/C16H27N3O7/c1-8(2)7-10(19-14(21)11-12(26-11)16(24)25)13(20)18-6-4-3-5-9(17)15(22)23/h8-12H,3-7,17H2,1-2H3,(H,18,20)(H,19,21)(H,22,23)(H,24,25)/t9-,10+,11-,12-/m0/s1. The highest BCUT2D eigenvalue weighted by Gasteiger charge is 2.51. The van der Waals surface area contributed by atoms with Crippen molar-refractivity contribution in [2.24, 2.45) is 11.7 Å². The van der Waals surface area contributed by atoms with E-state index >= 15 is 0 Å². The number of ether oxygens (including phenoxy) is 1. The lowest BCUT2D eigenvalue weighted by Gasteiger charge is -2.20. The maximum atomic E-state index is 12.3. The van der Waals surface area contributed by atoms with Crippen LogP contribution >= 0.6 is 0 Å². The van der Waals surface area contributed by atoms with Gasteiger partial charge in [-0.3, -0.25) is 14.4 Å². The van der Waals surface area contributed by atoms with E-state index in [9.17, 15) is 19.2 Å². The Labute approximate surface area is 151 Å². The molecule has 1 heterocycles. The van der Waals surface area contributed by atoms with E-state index in [0.717, 1.165) is 0 Å². The van der Waals surface area contributed by atoms with Crippen molar-refractivity contribution in [3.8, 4) is 0 Å². The number of carboxylic acids is 2. The van der Waals surface area contributed by atoms with E-state index in [4.69, 9.17) is 20.7 Å². The van der Waals surface area contributed by atoms with Gasteiger partial charge in [-0.15, -0.1) is 0 Å². The number of epoxide rings is 1. The van der Waals surface area contributed by atoms with Crippen molar-refractivity contribution in [2.45, 2.75) is 63.8 Å². The van der Waals surface area contributed by atoms with Gasteiger partial charge < -0.3 is 31.3 Å². The fourth-order valence-electron chi connectivity index (χ4n) is 2.40. The normalized spacial score (nSPS) is 20.9. The summed E-state index contributed by atoms with van der Waals surface area (Å²) in [5.74, 6) is -3.13. The summed E-state index contributed by atoms with van der Waals surface area (Å²) in [7, 11) is 0. The third-order valence-corrected chi connectivity index (χ3v) is 3.89. The predicted molar refractivity (Wildman–Crippen MR) is 90.2 cm³/mol. The Bertz CT molecular complexity index is 538. The third kappa shape index (κ3) is 7.36. The average Bonchev–Trinajstić information content (AvgIpc) is 3.33. The van der Waals surface area contributed by atoms with Crippen LogP contribution in [0.3, 0.4) is 0 Å². The summed E-state index contributed by atoms with van der Waals surface area (Å²) in [6.45, 7) is 4.12. The number of unbranched alkanes of at least 4 members (excludes halogenated alkanes) is 1. The first-order valence-corrected chi connectivity index (χ1v) is 8.58. The molecule has 0 saturated carbocycles. The van der Waals surface area contributed by atoms with Gasteiger partial charge in [-0.2, -0.15) is 0 Å². The number of hydrogen-bond donors (Lipinski definition) is 5. The van der Waals surface area contributed by atoms with Crippen LogP contribution in [0.15, 0.2) is 0 Å². The van der Waals surface area contributed by atoms with E-state index in [2.05, 4.69) is 10.6 Å². The van der Waals surface area contributed by atoms with Gasteiger partial charge in [-0.05, 0) is 31.6 Å². The van der Waals surface area contributed by atoms with Crippen LogP contribution in [-0.4, -0.2) is 64.8 Å². The first kappa shape index (κ1) is 21.8. The highest BCUT2D eigenvalue weighted by molar-refractivity contribution is 5.95. The molecule has 26 heavy (non-hydrogen) atoms. The van der Waals surface area contributed by atoms with Crippen molar-refractivity contribution in [3.05, 3.63) is 0 Å². The number of rotatable bonds is 12. The lowest BCUT2D eigenvalue weighted by Crippen LogP contribution is -2.49. The SMILES string of the molecule is CC(C)C[C@@H](NC(=O)[C@H]1O[C@@H]1C(=O)O)C(=O)NCCCC[C@H](N)C(=O)O. The maximum Gasteiger partial charge on any atom is 0.336 e. The van der Waals surface area contributed by atoms with E-state index in [-0.39, 0.29) is 11.8 Å². The van der Waals surface area contributed by atoms with Crippen LogP contribution in [0.25, 0.3) is 0 Å². The number of carboxylic acid groups (broad SMARTS) is 2. The van der Waals surface area contributed by atoms with Gasteiger partial charge in [-0.1, -0.05) is 13.8 Å². The number of aliphatic carboxylic acids is 2. The fraction of sp³-hybridized carbons (Fsp3) is 0.750. The Morgan fingerprint density at radius 1 is 1.12 bits per heavy atom. The van der Waals surface area contributed by atoms with Crippen LogP contribution < -0.4 is 16.4 Å². The molecule has 2 amide bonds. The molecule has 0 unspecified atom stereocenters. The number of hydrogen-bond acceptors (Lipinski definition) is 6. The van der Waals surface area contributed by atoms with Crippen LogP contribution in [-0.2, 0) is 23.9 Å². The lowest BCUT2D eigenvalue weighted by molar-refractivity contribution is -0.139. The van der Waals surface area contributed by atoms with Gasteiger partial charge in [0.15, 0.2) is 12.2 Å². The Hall–Kier alpha value is -2.20. The van der Waals surface area contributed by atoms with Crippen molar-refractivity contribution in [1.29, 1.82) is 0 Å². The topological polar surface area (TPSA) is 171 Å². The van der Waals surface area contributed by atoms with Crippen molar-refractivity contribution in [2.75, 3.05) is 6.54 Å². The molecule has 0 radical (unpaired) electrons.